The topological polar surface area (TPSA) is 51.5 Å². The summed E-state index contributed by atoms with van der Waals surface area (Å²) in [4.78, 5) is 12.1. The molecule has 0 radical (unpaired) electrons. The molecule has 0 aliphatic heterocycles. The van der Waals surface area contributed by atoms with E-state index in [0.717, 1.165) is 18.6 Å². The second-order valence-electron chi connectivity index (χ2n) is 6.73. The number of nitrogens with one attached hydrogen (secondary N) is 1. The minimum absolute atomic E-state index is 0.130. The van der Waals surface area contributed by atoms with Gasteiger partial charge in [-0.1, -0.05) is 38.8 Å². The Labute approximate surface area is 143 Å². The molecule has 0 saturated heterocycles. The van der Waals surface area contributed by atoms with E-state index in [1.54, 1.807) is 12.1 Å². The van der Waals surface area contributed by atoms with Crippen LogP contribution in [0.2, 0.25) is 0 Å². The average Bonchev–Trinajstić information content (AvgIpc) is 3.25. The third kappa shape index (κ3) is 4.19. The number of rotatable bonds is 6. The summed E-state index contributed by atoms with van der Waals surface area (Å²) in [5.74, 6) is 2.18. The molecule has 0 unspecified atom stereocenters. The van der Waals surface area contributed by atoms with Crippen molar-refractivity contribution in [2.24, 2.45) is 0 Å². The van der Waals surface area contributed by atoms with E-state index in [4.69, 9.17) is 9.15 Å². The van der Waals surface area contributed by atoms with Gasteiger partial charge in [0.1, 0.15) is 18.1 Å². The van der Waals surface area contributed by atoms with Gasteiger partial charge in [0.15, 0.2) is 5.76 Å². The van der Waals surface area contributed by atoms with Crippen molar-refractivity contribution in [1.29, 1.82) is 0 Å². The summed E-state index contributed by atoms with van der Waals surface area (Å²) in [6.45, 7) is 4.64. The lowest BCUT2D eigenvalue weighted by Crippen LogP contribution is -2.32. The van der Waals surface area contributed by atoms with Crippen molar-refractivity contribution in [1.82, 2.24) is 5.32 Å². The Bertz CT molecular complexity index is 666. The van der Waals surface area contributed by atoms with Crippen LogP contribution in [-0.4, -0.2) is 11.9 Å². The van der Waals surface area contributed by atoms with Crippen molar-refractivity contribution in [2.75, 3.05) is 0 Å². The summed E-state index contributed by atoms with van der Waals surface area (Å²) >= 11 is 0. The molecular weight excluding hydrogens is 302 g/mol. The van der Waals surface area contributed by atoms with Crippen LogP contribution in [0.15, 0.2) is 40.8 Å². The first-order chi connectivity index (χ1) is 11.6. The maximum Gasteiger partial charge on any atom is 0.287 e. The molecule has 1 aliphatic rings. The van der Waals surface area contributed by atoms with Crippen molar-refractivity contribution in [3.8, 4) is 5.75 Å². The summed E-state index contributed by atoms with van der Waals surface area (Å²) in [6.07, 6.45) is 4.51. The highest BCUT2D eigenvalue weighted by atomic mass is 16.5. The van der Waals surface area contributed by atoms with E-state index < -0.39 is 0 Å². The van der Waals surface area contributed by atoms with Crippen LogP contribution in [-0.2, 0) is 6.61 Å². The van der Waals surface area contributed by atoms with E-state index in [1.165, 1.54) is 18.4 Å². The minimum atomic E-state index is -0.130. The SMILES string of the molecule is CC(C)c1ccc(OCc2ccc(C(=O)NC3CCCC3)o2)cc1. The van der Waals surface area contributed by atoms with Gasteiger partial charge in [-0.25, -0.2) is 0 Å². The number of carbonyl (C=O) groups excluding carboxylic acids is 1. The normalized spacial score (nSPS) is 15.0. The lowest BCUT2D eigenvalue weighted by atomic mass is 10.0. The Morgan fingerprint density at radius 3 is 2.54 bits per heavy atom. The highest BCUT2D eigenvalue weighted by molar-refractivity contribution is 5.91. The standard InChI is InChI=1S/C20H25NO3/c1-14(2)15-7-9-17(10-8-15)23-13-18-11-12-19(24-18)20(22)21-16-5-3-4-6-16/h7-12,14,16H,3-6,13H2,1-2H3,(H,21,22). The predicted molar refractivity (Wildman–Crippen MR) is 93.3 cm³/mol. The maximum atomic E-state index is 12.1. The summed E-state index contributed by atoms with van der Waals surface area (Å²) in [7, 11) is 0. The molecule has 24 heavy (non-hydrogen) atoms. The second kappa shape index (κ2) is 7.56. The molecule has 2 aromatic rings. The third-order valence-electron chi connectivity index (χ3n) is 4.50. The predicted octanol–water partition coefficient (Wildman–Crippen LogP) is 4.65. The highest BCUT2D eigenvalue weighted by Crippen LogP contribution is 2.21. The van der Waals surface area contributed by atoms with Crippen molar-refractivity contribution >= 4 is 5.91 Å². The Kier molecular flexibility index (Phi) is 5.24. The van der Waals surface area contributed by atoms with Gasteiger partial charge < -0.3 is 14.5 Å². The molecule has 1 fully saturated rings. The first kappa shape index (κ1) is 16.6. The van der Waals surface area contributed by atoms with Crippen molar-refractivity contribution in [3.63, 3.8) is 0 Å². The molecule has 4 nitrogen and oxygen atoms in total. The van der Waals surface area contributed by atoms with Gasteiger partial charge in [0.25, 0.3) is 5.91 Å². The van der Waals surface area contributed by atoms with Crippen LogP contribution < -0.4 is 10.1 Å². The van der Waals surface area contributed by atoms with E-state index >= 15 is 0 Å². The number of hydrogen-bond acceptors (Lipinski definition) is 3. The summed E-state index contributed by atoms with van der Waals surface area (Å²) in [6, 6.07) is 11.9. The zero-order valence-electron chi connectivity index (χ0n) is 14.4. The lowest BCUT2D eigenvalue weighted by Gasteiger charge is -2.10. The number of ether oxygens (including phenoxy) is 1. The monoisotopic (exact) mass is 327 g/mol. The first-order valence-electron chi connectivity index (χ1n) is 8.74. The van der Waals surface area contributed by atoms with Gasteiger partial charge in [-0.3, -0.25) is 4.79 Å². The average molecular weight is 327 g/mol. The van der Waals surface area contributed by atoms with Crippen LogP contribution in [0.5, 0.6) is 5.75 Å². The molecule has 1 amide bonds. The highest BCUT2D eigenvalue weighted by Gasteiger charge is 2.19. The second-order valence-corrected chi connectivity index (χ2v) is 6.73. The molecule has 4 heteroatoms. The lowest BCUT2D eigenvalue weighted by molar-refractivity contribution is 0.0905. The number of carbonyl (C=O) groups is 1. The van der Waals surface area contributed by atoms with Crippen LogP contribution in [0.25, 0.3) is 0 Å². The largest absolute Gasteiger partial charge is 0.486 e. The molecule has 128 valence electrons. The number of hydrogen-bond donors (Lipinski definition) is 1. The number of furan rings is 1. The molecule has 1 aliphatic carbocycles. The van der Waals surface area contributed by atoms with Gasteiger partial charge >= 0.3 is 0 Å². The quantitative estimate of drug-likeness (QED) is 0.840. The fourth-order valence-electron chi connectivity index (χ4n) is 3.01. The van der Waals surface area contributed by atoms with E-state index in [-0.39, 0.29) is 5.91 Å². The van der Waals surface area contributed by atoms with E-state index in [2.05, 4.69) is 31.3 Å². The van der Waals surface area contributed by atoms with Gasteiger partial charge in [0.05, 0.1) is 0 Å². The Morgan fingerprint density at radius 2 is 1.88 bits per heavy atom. The van der Waals surface area contributed by atoms with Crippen LogP contribution in [0, 0.1) is 0 Å². The van der Waals surface area contributed by atoms with Gasteiger partial charge in [-0.15, -0.1) is 0 Å². The van der Waals surface area contributed by atoms with Crippen LogP contribution in [0.1, 0.15) is 67.3 Å². The fraction of sp³-hybridized carbons (Fsp3) is 0.450. The molecule has 0 atom stereocenters. The molecule has 3 rings (SSSR count). The van der Waals surface area contributed by atoms with E-state index in [9.17, 15) is 4.79 Å². The molecule has 0 spiro atoms. The third-order valence-corrected chi connectivity index (χ3v) is 4.50. The Morgan fingerprint density at radius 1 is 1.17 bits per heavy atom. The fourth-order valence-corrected chi connectivity index (χ4v) is 3.01. The summed E-state index contributed by atoms with van der Waals surface area (Å²) in [5, 5.41) is 3.03. The van der Waals surface area contributed by atoms with Crippen LogP contribution >= 0.6 is 0 Å². The molecule has 1 heterocycles. The zero-order chi connectivity index (χ0) is 16.9. The van der Waals surface area contributed by atoms with Crippen molar-refractivity contribution in [2.45, 2.75) is 58.1 Å². The van der Waals surface area contributed by atoms with Gasteiger partial charge in [-0.2, -0.15) is 0 Å². The van der Waals surface area contributed by atoms with Gasteiger partial charge in [0.2, 0.25) is 0 Å². The summed E-state index contributed by atoms with van der Waals surface area (Å²) in [5.41, 5.74) is 1.28. The minimum Gasteiger partial charge on any atom is -0.486 e. The Hall–Kier alpha value is -2.23. The van der Waals surface area contributed by atoms with Gasteiger partial charge in [0, 0.05) is 6.04 Å². The molecule has 1 aromatic carbocycles. The molecule has 1 aromatic heterocycles. The summed E-state index contributed by atoms with van der Waals surface area (Å²) < 4.78 is 11.3. The van der Waals surface area contributed by atoms with E-state index in [0.29, 0.717) is 30.1 Å². The molecule has 0 bridgehead atoms. The smallest absolute Gasteiger partial charge is 0.287 e. The van der Waals surface area contributed by atoms with Crippen LogP contribution in [0.3, 0.4) is 0 Å². The maximum absolute atomic E-state index is 12.1. The molecular formula is C20H25NO3. The number of benzene rings is 1. The molecule has 1 saturated carbocycles. The zero-order valence-corrected chi connectivity index (χ0v) is 14.4. The first-order valence-corrected chi connectivity index (χ1v) is 8.74. The Balaban J connectivity index is 1.52. The number of amides is 1. The van der Waals surface area contributed by atoms with E-state index in [1.807, 2.05) is 12.1 Å². The van der Waals surface area contributed by atoms with Crippen molar-refractivity contribution < 1.29 is 13.9 Å². The van der Waals surface area contributed by atoms with Crippen LogP contribution in [0.4, 0.5) is 0 Å². The molecule has 1 N–H and O–H groups in total. The van der Waals surface area contributed by atoms with Crippen molar-refractivity contribution in [3.05, 3.63) is 53.5 Å². The van der Waals surface area contributed by atoms with Gasteiger partial charge in [-0.05, 0) is 48.6 Å².